The summed E-state index contributed by atoms with van der Waals surface area (Å²) < 4.78 is 11.5. The fourth-order valence-corrected chi connectivity index (χ4v) is 4.93. The Bertz CT molecular complexity index is 1470. The van der Waals surface area contributed by atoms with E-state index in [1.54, 1.807) is 36.4 Å². The molecule has 4 aromatic rings. The van der Waals surface area contributed by atoms with Gasteiger partial charge in [-0.3, -0.25) is 9.79 Å². The lowest BCUT2D eigenvalue weighted by Crippen LogP contribution is -2.63. The second-order valence-electron chi connectivity index (χ2n) is 9.19. The van der Waals surface area contributed by atoms with Gasteiger partial charge in [-0.2, -0.15) is 0 Å². The predicted octanol–water partition coefficient (Wildman–Crippen LogP) is 6.51. The van der Waals surface area contributed by atoms with Crippen molar-refractivity contribution in [1.29, 1.82) is 0 Å². The molecule has 8 heteroatoms. The van der Waals surface area contributed by atoms with Gasteiger partial charge in [-0.15, -0.1) is 0 Å². The zero-order chi connectivity index (χ0) is 27.9. The van der Waals surface area contributed by atoms with E-state index < -0.39 is 29.5 Å². The monoisotopic (exact) mass is 572 g/mol. The maximum atomic E-state index is 13.4. The van der Waals surface area contributed by atoms with Crippen LogP contribution in [0.5, 0.6) is 5.75 Å². The Morgan fingerprint density at radius 2 is 1.35 bits per heavy atom. The van der Waals surface area contributed by atoms with Gasteiger partial charge in [0.2, 0.25) is 0 Å². The predicted molar refractivity (Wildman–Crippen MR) is 155 cm³/mol. The van der Waals surface area contributed by atoms with Crippen LogP contribution < -0.4 is 4.74 Å². The molecular formula is C32H26Cl2N2O4. The summed E-state index contributed by atoms with van der Waals surface area (Å²) in [6.45, 7) is 0.462. The van der Waals surface area contributed by atoms with Gasteiger partial charge in [0, 0.05) is 5.56 Å². The van der Waals surface area contributed by atoms with E-state index in [9.17, 15) is 9.59 Å². The summed E-state index contributed by atoms with van der Waals surface area (Å²) in [7, 11) is 0. The number of ether oxygens (including phenoxy) is 2. The number of hydrogen-bond acceptors (Lipinski definition) is 5. The number of nitrogens with zero attached hydrogens (tertiary/aromatic N) is 2. The quantitative estimate of drug-likeness (QED) is 0.0713. The molecule has 0 aliphatic carbocycles. The average Bonchev–Trinajstić information content (AvgIpc) is 3.01. The van der Waals surface area contributed by atoms with Crippen LogP contribution in [0.25, 0.3) is 0 Å². The minimum absolute atomic E-state index is 0.0604. The van der Waals surface area contributed by atoms with Crippen molar-refractivity contribution in [3.63, 3.8) is 0 Å². The molecule has 4 aromatic carbocycles. The third-order valence-corrected chi connectivity index (χ3v) is 7.23. The summed E-state index contributed by atoms with van der Waals surface area (Å²) in [6, 6.07) is 33.2. The molecule has 0 N–H and O–H groups in total. The van der Waals surface area contributed by atoms with Gasteiger partial charge in [0.05, 0.1) is 0 Å². The van der Waals surface area contributed by atoms with Gasteiger partial charge in [0.1, 0.15) is 29.6 Å². The number of β-lactam (4-membered cyclic amide) rings is 1. The fourth-order valence-electron chi connectivity index (χ4n) is 4.33. The first kappa shape index (κ1) is 27.4. The summed E-state index contributed by atoms with van der Waals surface area (Å²) in [5.41, 5.74) is 2.18. The molecule has 1 heterocycles. The molecule has 0 bridgehead atoms. The molecule has 1 amide bonds. The first-order valence-corrected chi connectivity index (χ1v) is 13.5. The minimum Gasteiger partial charge on any atom is -0.489 e. The largest absolute Gasteiger partial charge is 0.489 e. The van der Waals surface area contributed by atoms with Crippen LogP contribution in [0, 0.1) is 0 Å². The summed E-state index contributed by atoms with van der Waals surface area (Å²) in [6.07, 6.45) is 0. The molecule has 40 heavy (non-hydrogen) atoms. The van der Waals surface area contributed by atoms with Crippen molar-refractivity contribution >= 4 is 40.2 Å². The summed E-state index contributed by atoms with van der Waals surface area (Å²) >= 11 is 13.0. The highest BCUT2D eigenvalue weighted by atomic mass is 35.5. The molecule has 0 saturated carbocycles. The Kier molecular flexibility index (Phi) is 8.79. The van der Waals surface area contributed by atoms with Crippen molar-refractivity contribution in [3.8, 4) is 5.75 Å². The molecule has 3 atom stereocenters. The molecule has 3 unspecified atom stereocenters. The Balaban J connectivity index is 1.35. The molecular weight excluding hydrogens is 547 g/mol. The van der Waals surface area contributed by atoms with E-state index in [4.69, 9.17) is 32.7 Å². The van der Waals surface area contributed by atoms with E-state index >= 15 is 0 Å². The average molecular weight is 573 g/mol. The number of hydrogen-bond donors (Lipinski definition) is 0. The summed E-state index contributed by atoms with van der Waals surface area (Å²) in [4.78, 5) is 32.4. The van der Waals surface area contributed by atoms with E-state index in [0.717, 1.165) is 11.1 Å². The van der Waals surface area contributed by atoms with E-state index in [1.807, 2.05) is 78.9 Å². The highest BCUT2D eigenvalue weighted by Crippen LogP contribution is 2.38. The molecule has 1 saturated heterocycles. The Morgan fingerprint density at radius 3 is 1.93 bits per heavy atom. The lowest BCUT2D eigenvalue weighted by molar-refractivity contribution is -0.164. The minimum atomic E-state index is -1.07. The van der Waals surface area contributed by atoms with Crippen LogP contribution in [0.1, 0.15) is 28.3 Å². The van der Waals surface area contributed by atoms with Crippen molar-refractivity contribution in [3.05, 3.63) is 138 Å². The molecule has 1 aliphatic rings. The zero-order valence-corrected chi connectivity index (χ0v) is 22.9. The van der Waals surface area contributed by atoms with Gasteiger partial charge in [-0.05, 0) is 28.8 Å². The third kappa shape index (κ3) is 6.36. The Hall–Kier alpha value is -4.13. The third-order valence-electron chi connectivity index (χ3n) is 6.47. The second kappa shape index (κ2) is 12.8. The number of carbonyl (C=O) groups excluding carboxylic acids is 2. The molecule has 6 nitrogen and oxygen atoms in total. The molecule has 0 aromatic heterocycles. The van der Waals surface area contributed by atoms with E-state index in [2.05, 4.69) is 4.99 Å². The van der Waals surface area contributed by atoms with Gasteiger partial charge in [0.25, 0.3) is 5.91 Å². The number of rotatable bonds is 10. The van der Waals surface area contributed by atoms with Crippen molar-refractivity contribution in [2.45, 2.75) is 30.8 Å². The van der Waals surface area contributed by atoms with E-state index in [0.29, 0.717) is 23.5 Å². The number of alkyl halides is 1. The molecule has 1 fully saturated rings. The lowest BCUT2D eigenvalue weighted by atomic mass is 9.98. The number of esters is 1. The lowest BCUT2D eigenvalue weighted by Gasteiger charge is -2.45. The molecule has 202 valence electrons. The van der Waals surface area contributed by atoms with Gasteiger partial charge in [-0.25, -0.2) is 4.79 Å². The van der Waals surface area contributed by atoms with Crippen LogP contribution in [-0.4, -0.2) is 33.5 Å². The highest BCUT2D eigenvalue weighted by Gasteiger charge is 2.52. The number of halogens is 2. The topological polar surface area (TPSA) is 68.2 Å². The Morgan fingerprint density at radius 1 is 0.800 bits per heavy atom. The van der Waals surface area contributed by atoms with Crippen LogP contribution in [-0.2, 0) is 27.5 Å². The Labute approximate surface area is 242 Å². The van der Waals surface area contributed by atoms with E-state index in [-0.39, 0.29) is 11.8 Å². The summed E-state index contributed by atoms with van der Waals surface area (Å²) in [5.74, 6) is -0.393. The van der Waals surface area contributed by atoms with Gasteiger partial charge < -0.3 is 14.4 Å². The fraction of sp³-hybridized carbons (Fsp3) is 0.156. The number of benzene rings is 4. The summed E-state index contributed by atoms with van der Waals surface area (Å²) in [5, 5.41) is 0.173. The number of amides is 1. The van der Waals surface area contributed by atoms with Crippen molar-refractivity contribution in [2.75, 3.05) is 0 Å². The van der Waals surface area contributed by atoms with Crippen LogP contribution in [0.2, 0.25) is 0 Å². The zero-order valence-electron chi connectivity index (χ0n) is 21.4. The molecule has 0 radical (unpaired) electrons. The molecule has 1 aliphatic heterocycles. The van der Waals surface area contributed by atoms with Crippen molar-refractivity contribution in [1.82, 2.24) is 4.90 Å². The van der Waals surface area contributed by atoms with Gasteiger partial charge in [-0.1, -0.05) is 126 Å². The highest BCUT2D eigenvalue weighted by molar-refractivity contribution is 6.69. The van der Waals surface area contributed by atoms with Crippen molar-refractivity contribution in [2.24, 2.45) is 4.99 Å². The number of carbonyl (C=O) groups is 2. The maximum Gasteiger partial charge on any atom is 0.333 e. The van der Waals surface area contributed by atoms with E-state index in [1.165, 1.54) is 4.90 Å². The van der Waals surface area contributed by atoms with Crippen LogP contribution in [0.4, 0.5) is 0 Å². The maximum absolute atomic E-state index is 13.4. The first-order valence-electron chi connectivity index (χ1n) is 12.7. The first-order chi connectivity index (χ1) is 19.5. The standard InChI is InChI=1S/C32H26Cl2N2O4/c33-29(25-14-8-3-9-15-25)35-27-30(34)36(31(27)37)28(32(38)40-21-23-12-6-2-7-13-23)24-16-18-26(19-17-24)39-20-22-10-4-1-5-11-22/h1-19,27-28,30H,20-21H2. The van der Waals surface area contributed by atoms with Crippen LogP contribution >= 0.6 is 23.2 Å². The molecule has 0 spiro atoms. The van der Waals surface area contributed by atoms with Gasteiger partial charge in [0.15, 0.2) is 12.1 Å². The SMILES string of the molecule is O=C(OCc1ccccc1)C(c1ccc(OCc2ccccc2)cc1)N1C(=O)C(N=C(Cl)c2ccccc2)C1Cl. The van der Waals surface area contributed by atoms with Crippen LogP contribution in [0.3, 0.4) is 0 Å². The smallest absolute Gasteiger partial charge is 0.333 e. The van der Waals surface area contributed by atoms with Crippen molar-refractivity contribution < 1.29 is 19.1 Å². The normalized spacial score (nSPS) is 17.6. The van der Waals surface area contributed by atoms with Gasteiger partial charge >= 0.3 is 5.97 Å². The molecule has 5 rings (SSSR count). The second-order valence-corrected chi connectivity index (χ2v) is 9.99. The van der Waals surface area contributed by atoms with Crippen LogP contribution in [0.15, 0.2) is 120 Å². The number of aliphatic imine (C=N–C) groups is 1. The number of likely N-dealkylation sites (tertiary alicyclic amines) is 1.